The molecule has 0 saturated carbocycles. The molecular formula is C18H19NO3S. The van der Waals surface area contributed by atoms with E-state index in [4.69, 9.17) is 4.74 Å². The van der Waals surface area contributed by atoms with Crippen LogP contribution in [0.3, 0.4) is 0 Å². The molecule has 0 aliphatic carbocycles. The first-order chi connectivity index (χ1) is 11.0. The lowest BCUT2D eigenvalue weighted by molar-refractivity contribution is -0.119. The summed E-state index contributed by atoms with van der Waals surface area (Å²) in [5.41, 5.74) is 3.07. The third-order valence-corrected chi connectivity index (χ3v) is 4.02. The summed E-state index contributed by atoms with van der Waals surface area (Å²) in [5, 5.41) is 2.72. The second kappa shape index (κ2) is 7.83. The molecular weight excluding hydrogens is 310 g/mol. The van der Waals surface area contributed by atoms with E-state index in [1.165, 1.54) is 0 Å². The smallest absolute Gasteiger partial charge is 0.338 e. The molecule has 4 nitrogen and oxygen atoms in total. The fourth-order valence-electron chi connectivity index (χ4n) is 2.15. The summed E-state index contributed by atoms with van der Waals surface area (Å²) < 4.78 is 5.08. The van der Waals surface area contributed by atoms with Gasteiger partial charge in [0.2, 0.25) is 0 Å². The number of aryl methyl sites for hydroxylation is 2. The predicted octanol–water partition coefficient (Wildman–Crippen LogP) is 3.82. The van der Waals surface area contributed by atoms with Crippen LogP contribution in [0.25, 0.3) is 0 Å². The average Bonchev–Trinajstić information content (AvgIpc) is 2.53. The highest BCUT2D eigenvalue weighted by atomic mass is 32.2. The van der Waals surface area contributed by atoms with Crippen molar-refractivity contribution >= 4 is 29.3 Å². The van der Waals surface area contributed by atoms with Gasteiger partial charge >= 0.3 is 5.97 Å². The summed E-state index contributed by atoms with van der Waals surface area (Å²) in [6.07, 6.45) is 1.96. The van der Waals surface area contributed by atoms with E-state index in [9.17, 15) is 9.59 Å². The van der Waals surface area contributed by atoms with Crippen molar-refractivity contribution in [3.8, 4) is 0 Å². The van der Waals surface area contributed by atoms with E-state index in [-0.39, 0.29) is 12.5 Å². The van der Waals surface area contributed by atoms with Crippen molar-refractivity contribution in [1.29, 1.82) is 0 Å². The number of hydrogen-bond donors (Lipinski definition) is 1. The molecule has 2 aromatic rings. The van der Waals surface area contributed by atoms with Crippen molar-refractivity contribution in [1.82, 2.24) is 0 Å². The summed E-state index contributed by atoms with van der Waals surface area (Å²) >= 11 is 1.59. The van der Waals surface area contributed by atoms with E-state index in [1.54, 1.807) is 23.9 Å². The lowest BCUT2D eigenvalue weighted by atomic mass is 10.1. The topological polar surface area (TPSA) is 55.4 Å². The van der Waals surface area contributed by atoms with E-state index in [2.05, 4.69) is 5.32 Å². The zero-order valence-electron chi connectivity index (χ0n) is 13.4. The van der Waals surface area contributed by atoms with Crippen LogP contribution in [0.1, 0.15) is 21.5 Å². The molecule has 2 aromatic carbocycles. The minimum absolute atomic E-state index is 0.310. The predicted molar refractivity (Wildman–Crippen MR) is 93.1 cm³/mol. The normalized spacial score (nSPS) is 10.2. The molecule has 0 bridgehead atoms. The van der Waals surface area contributed by atoms with Crippen LogP contribution >= 0.6 is 11.8 Å². The first-order valence-electron chi connectivity index (χ1n) is 7.18. The molecule has 0 radical (unpaired) electrons. The first kappa shape index (κ1) is 17.1. The van der Waals surface area contributed by atoms with Gasteiger partial charge in [-0.2, -0.15) is 0 Å². The number of amides is 1. The summed E-state index contributed by atoms with van der Waals surface area (Å²) in [4.78, 5) is 25.0. The van der Waals surface area contributed by atoms with Crippen LogP contribution in [-0.2, 0) is 9.53 Å². The van der Waals surface area contributed by atoms with Crippen LogP contribution < -0.4 is 5.32 Å². The fourth-order valence-corrected chi connectivity index (χ4v) is 2.61. The number of hydrogen-bond acceptors (Lipinski definition) is 4. The van der Waals surface area contributed by atoms with Crippen LogP contribution in [0.2, 0.25) is 0 Å². The maximum Gasteiger partial charge on any atom is 0.338 e. The quantitative estimate of drug-likeness (QED) is 0.669. The van der Waals surface area contributed by atoms with Gasteiger partial charge in [-0.05, 0) is 49.9 Å². The third-order valence-electron chi connectivity index (χ3n) is 3.29. The Morgan fingerprint density at radius 2 is 1.91 bits per heavy atom. The van der Waals surface area contributed by atoms with Crippen molar-refractivity contribution in [2.24, 2.45) is 0 Å². The molecule has 23 heavy (non-hydrogen) atoms. The standard InChI is InChI=1S/C18H19NO3S/c1-12-7-8-16(13(2)9-12)18(21)22-11-17(20)19-14-5-4-6-15(10-14)23-3/h4-10H,11H2,1-3H3,(H,19,20). The van der Waals surface area contributed by atoms with Crippen molar-refractivity contribution in [2.45, 2.75) is 18.7 Å². The van der Waals surface area contributed by atoms with Gasteiger partial charge in [0.1, 0.15) is 0 Å². The highest BCUT2D eigenvalue weighted by molar-refractivity contribution is 7.98. The molecule has 0 heterocycles. The van der Waals surface area contributed by atoms with E-state index in [0.29, 0.717) is 11.3 Å². The Morgan fingerprint density at radius 1 is 1.13 bits per heavy atom. The molecule has 0 aromatic heterocycles. The Balaban J connectivity index is 1.92. The second-order valence-electron chi connectivity index (χ2n) is 5.17. The average molecular weight is 329 g/mol. The third kappa shape index (κ3) is 4.86. The summed E-state index contributed by atoms with van der Waals surface area (Å²) in [6.45, 7) is 3.49. The van der Waals surface area contributed by atoms with Gasteiger partial charge in [0.15, 0.2) is 6.61 Å². The monoisotopic (exact) mass is 329 g/mol. The van der Waals surface area contributed by atoms with Gasteiger partial charge in [-0.1, -0.05) is 23.8 Å². The van der Waals surface area contributed by atoms with Crippen LogP contribution in [0.4, 0.5) is 5.69 Å². The maximum absolute atomic E-state index is 12.0. The Morgan fingerprint density at radius 3 is 2.61 bits per heavy atom. The Hall–Kier alpha value is -2.27. The number of rotatable bonds is 5. The minimum atomic E-state index is -0.490. The Kier molecular flexibility index (Phi) is 5.82. The largest absolute Gasteiger partial charge is 0.452 e. The van der Waals surface area contributed by atoms with Crippen LogP contribution in [0.15, 0.2) is 47.4 Å². The molecule has 1 N–H and O–H groups in total. The molecule has 120 valence electrons. The molecule has 5 heteroatoms. The minimum Gasteiger partial charge on any atom is -0.452 e. The van der Waals surface area contributed by atoms with Crippen molar-refractivity contribution in [3.05, 3.63) is 59.2 Å². The fraction of sp³-hybridized carbons (Fsp3) is 0.222. The number of thioether (sulfide) groups is 1. The molecule has 0 atom stereocenters. The number of benzene rings is 2. The zero-order chi connectivity index (χ0) is 16.8. The number of ether oxygens (including phenoxy) is 1. The highest BCUT2D eigenvalue weighted by Gasteiger charge is 2.12. The lowest BCUT2D eigenvalue weighted by Gasteiger charge is -2.09. The first-order valence-corrected chi connectivity index (χ1v) is 8.40. The molecule has 0 aliphatic heterocycles. The summed E-state index contributed by atoms with van der Waals surface area (Å²) in [5.74, 6) is -0.850. The molecule has 1 amide bonds. The molecule has 0 fully saturated rings. The van der Waals surface area contributed by atoms with E-state index in [1.807, 2.05) is 50.4 Å². The van der Waals surface area contributed by atoms with Gasteiger partial charge in [-0.3, -0.25) is 4.79 Å². The summed E-state index contributed by atoms with van der Waals surface area (Å²) in [6, 6.07) is 13.0. The molecule has 0 aliphatic rings. The Bertz CT molecular complexity index is 728. The van der Waals surface area contributed by atoms with Crippen LogP contribution in [0, 0.1) is 13.8 Å². The van der Waals surface area contributed by atoms with E-state index >= 15 is 0 Å². The van der Waals surface area contributed by atoms with Gasteiger partial charge in [0.05, 0.1) is 5.56 Å². The highest BCUT2D eigenvalue weighted by Crippen LogP contribution is 2.19. The SMILES string of the molecule is CSc1cccc(NC(=O)COC(=O)c2ccc(C)cc2C)c1. The van der Waals surface area contributed by atoms with E-state index in [0.717, 1.165) is 16.0 Å². The maximum atomic E-state index is 12.0. The van der Waals surface area contributed by atoms with Gasteiger partial charge in [-0.25, -0.2) is 4.79 Å². The molecule has 2 rings (SSSR count). The van der Waals surface area contributed by atoms with Crippen LogP contribution in [0.5, 0.6) is 0 Å². The number of carbonyl (C=O) groups excluding carboxylic acids is 2. The molecule has 0 saturated heterocycles. The number of esters is 1. The number of anilines is 1. The van der Waals surface area contributed by atoms with Gasteiger partial charge in [0.25, 0.3) is 5.91 Å². The lowest BCUT2D eigenvalue weighted by Crippen LogP contribution is -2.21. The van der Waals surface area contributed by atoms with Crippen molar-refractivity contribution in [3.63, 3.8) is 0 Å². The Labute approximate surface area is 140 Å². The van der Waals surface area contributed by atoms with Gasteiger partial charge in [0, 0.05) is 10.6 Å². The van der Waals surface area contributed by atoms with Gasteiger partial charge < -0.3 is 10.1 Å². The molecule has 0 spiro atoms. The van der Waals surface area contributed by atoms with Crippen molar-refractivity contribution in [2.75, 3.05) is 18.2 Å². The summed E-state index contributed by atoms with van der Waals surface area (Å²) in [7, 11) is 0. The van der Waals surface area contributed by atoms with Gasteiger partial charge in [-0.15, -0.1) is 11.8 Å². The van der Waals surface area contributed by atoms with E-state index < -0.39 is 5.97 Å². The number of carbonyl (C=O) groups is 2. The molecule has 0 unspecified atom stereocenters. The van der Waals surface area contributed by atoms with Crippen molar-refractivity contribution < 1.29 is 14.3 Å². The zero-order valence-corrected chi connectivity index (χ0v) is 14.2. The second-order valence-corrected chi connectivity index (χ2v) is 6.05. The number of nitrogens with one attached hydrogen (secondary N) is 1. The van der Waals surface area contributed by atoms with Crippen LogP contribution in [-0.4, -0.2) is 24.7 Å².